The van der Waals surface area contributed by atoms with Gasteiger partial charge in [-0.15, -0.1) is 0 Å². The molecule has 1 aliphatic carbocycles. The Bertz CT molecular complexity index is 1060. The molecule has 0 radical (unpaired) electrons. The number of ether oxygens (including phenoxy) is 2. The summed E-state index contributed by atoms with van der Waals surface area (Å²) >= 11 is 3.58. The summed E-state index contributed by atoms with van der Waals surface area (Å²) in [7, 11) is 0. The second kappa shape index (κ2) is 10.8. The molecular weight excluding hydrogens is 501 g/mol. The first-order valence-corrected chi connectivity index (χ1v) is 12.8. The Kier molecular flexibility index (Phi) is 7.81. The molecule has 180 valence electrons. The lowest BCUT2D eigenvalue weighted by atomic mass is 9.60. The lowest BCUT2D eigenvalue weighted by molar-refractivity contribution is -0.145. The van der Waals surface area contributed by atoms with E-state index < -0.39 is 0 Å². The van der Waals surface area contributed by atoms with Crippen LogP contribution in [0.3, 0.4) is 0 Å². The average Bonchev–Trinajstić information content (AvgIpc) is 3.10. The zero-order valence-electron chi connectivity index (χ0n) is 19.3. The molecule has 2 fully saturated rings. The first-order chi connectivity index (χ1) is 16.4. The van der Waals surface area contributed by atoms with Crippen LogP contribution in [0.2, 0.25) is 0 Å². The van der Waals surface area contributed by atoms with Gasteiger partial charge in [-0.05, 0) is 67.4 Å². The number of allylic oxidation sites excluding steroid dienone is 1. The zero-order valence-corrected chi connectivity index (χ0v) is 20.9. The number of rotatable bonds is 7. The average molecular weight is 530 g/mol. The van der Waals surface area contributed by atoms with Crippen molar-refractivity contribution in [3.63, 3.8) is 0 Å². The molecule has 34 heavy (non-hydrogen) atoms. The van der Waals surface area contributed by atoms with Gasteiger partial charge in [-0.1, -0.05) is 40.2 Å². The molecule has 0 N–H and O–H groups in total. The molecule has 1 unspecified atom stereocenters. The van der Waals surface area contributed by atoms with Gasteiger partial charge in [0, 0.05) is 29.9 Å². The van der Waals surface area contributed by atoms with Crippen LogP contribution in [-0.4, -0.2) is 35.0 Å². The predicted octanol–water partition coefficient (Wildman–Crippen LogP) is 5.68. The molecule has 7 heteroatoms. The molecule has 1 saturated heterocycles. The van der Waals surface area contributed by atoms with Crippen molar-refractivity contribution in [1.82, 2.24) is 4.98 Å². The fourth-order valence-electron chi connectivity index (χ4n) is 5.56. The van der Waals surface area contributed by atoms with E-state index in [0.29, 0.717) is 13.0 Å². The number of pyridine rings is 1. The summed E-state index contributed by atoms with van der Waals surface area (Å²) in [6.45, 7) is 3.68. The number of nitrogens with zero attached hydrogens (tertiary/aromatic N) is 1. The molecule has 4 rings (SSSR count). The molecule has 2 heterocycles. The molecule has 1 saturated carbocycles. The van der Waals surface area contributed by atoms with Crippen LogP contribution in [-0.2, 0) is 19.1 Å². The zero-order chi connectivity index (χ0) is 24.2. The highest BCUT2D eigenvalue weighted by Crippen LogP contribution is 2.50. The predicted molar refractivity (Wildman–Crippen MR) is 131 cm³/mol. The first kappa shape index (κ1) is 24.6. The van der Waals surface area contributed by atoms with Crippen molar-refractivity contribution < 1.29 is 23.5 Å². The van der Waals surface area contributed by atoms with Crippen molar-refractivity contribution in [2.45, 2.75) is 32.8 Å². The Morgan fingerprint density at radius 3 is 2.79 bits per heavy atom. The third kappa shape index (κ3) is 5.40. The third-order valence-corrected chi connectivity index (χ3v) is 7.55. The highest BCUT2D eigenvalue weighted by molar-refractivity contribution is 9.09. The fraction of sp³-hybridized carbons (Fsp3) is 0.444. The summed E-state index contributed by atoms with van der Waals surface area (Å²) in [5.74, 6) is -0.457. The molecule has 0 amide bonds. The standard InChI is InChI=1S/C27H29BrFNO4/c1-16-26-24(9-8-22-7-6-19(14-30-22)18-4-3-5-21(29)12-18)23(10-11-28)20(15-33-17(2)31)13-25(26)27(32)34-16/h3-9,12,14,16,20,23-26H,10-11,13,15H2,1-2H3/b9-8+/t16-,20-,23?,24+,25-,26+/m1/s1. The smallest absolute Gasteiger partial charge is 0.309 e. The van der Waals surface area contributed by atoms with E-state index in [1.165, 1.54) is 19.1 Å². The molecule has 2 aromatic rings. The lowest BCUT2D eigenvalue weighted by Gasteiger charge is -2.43. The maximum absolute atomic E-state index is 13.6. The topological polar surface area (TPSA) is 65.5 Å². The van der Waals surface area contributed by atoms with Crippen molar-refractivity contribution in [1.29, 1.82) is 0 Å². The summed E-state index contributed by atoms with van der Waals surface area (Å²) in [5, 5.41) is 0.819. The largest absolute Gasteiger partial charge is 0.466 e. The minimum absolute atomic E-state index is 0.0768. The van der Waals surface area contributed by atoms with E-state index >= 15 is 0 Å². The number of carbonyl (C=O) groups excluding carboxylic acids is 2. The molecule has 1 aromatic carbocycles. The van der Waals surface area contributed by atoms with Gasteiger partial charge in [0.25, 0.3) is 0 Å². The second-order valence-electron chi connectivity index (χ2n) is 9.18. The van der Waals surface area contributed by atoms with Gasteiger partial charge in [-0.25, -0.2) is 4.39 Å². The summed E-state index contributed by atoms with van der Waals surface area (Å²) in [6.07, 6.45) is 7.28. The van der Waals surface area contributed by atoms with Crippen LogP contribution < -0.4 is 0 Å². The van der Waals surface area contributed by atoms with Crippen LogP contribution in [0.1, 0.15) is 32.4 Å². The van der Waals surface area contributed by atoms with Crippen LogP contribution in [0.15, 0.2) is 48.7 Å². The number of esters is 2. The van der Waals surface area contributed by atoms with Gasteiger partial charge in [0.2, 0.25) is 0 Å². The van der Waals surface area contributed by atoms with Crippen LogP contribution in [0, 0.1) is 35.4 Å². The molecule has 1 aliphatic heterocycles. The number of aromatic nitrogens is 1. The molecule has 0 spiro atoms. The minimum atomic E-state index is -0.309. The van der Waals surface area contributed by atoms with Gasteiger partial charge in [0.05, 0.1) is 18.2 Å². The van der Waals surface area contributed by atoms with Crippen molar-refractivity contribution in [2.24, 2.45) is 29.6 Å². The molecule has 2 aliphatic rings. The Balaban J connectivity index is 1.59. The Morgan fingerprint density at radius 1 is 1.29 bits per heavy atom. The Morgan fingerprint density at radius 2 is 2.12 bits per heavy atom. The number of hydrogen-bond donors (Lipinski definition) is 0. The Labute approximate surface area is 207 Å². The van der Waals surface area contributed by atoms with Crippen molar-refractivity contribution >= 4 is 33.9 Å². The number of fused-ring (bicyclic) bond motifs is 1. The van der Waals surface area contributed by atoms with E-state index in [9.17, 15) is 14.0 Å². The highest BCUT2D eigenvalue weighted by atomic mass is 79.9. The van der Waals surface area contributed by atoms with Crippen molar-refractivity contribution in [3.8, 4) is 11.1 Å². The van der Waals surface area contributed by atoms with Gasteiger partial charge >= 0.3 is 11.9 Å². The quantitative estimate of drug-likeness (QED) is 0.341. The summed E-state index contributed by atoms with van der Waals surface area (Å²) < 4.78 is 24.6. The minimum Gasteiger partial charge on any atom is -0.466 e. The number of alkyl halides is 1. The van der Waals surface area contributed by atoms with E-state index in [-0.39, 0.29) is 53.4 Å². The van der Waals surface area contributed by atoms with Gasteiger partial charge in [-0.2, -0.15) is 0 Å². The summed E-state index contributed by atoms with van der Waals surface area (Å²) in [6, 6.07) is 10.3. The van der Waals surface area contributed by atoms with Gasteiger partial charge in [0.1, 0.15) is 11.9 Å². The maximum Gasteiger partial charge on any atom is 0.309 e. The van der Waals surface area contributed by atoms with Crippen LogP contribution in [0.5, 0.6) is 0 Å². The SMILES string of the molecule is CC(=O)OC[C@H]1C[C@H]2C(=O)O[C@H](C)[C@H]2[C@@H](/C=C/c2ccc(-c3cccc(F)c3)cn2)C1CCBr. The monoisotopic (exact) mass is 529 g/mol. The fourth-order valence-corrected chi connectivity index (χ4v) is 6.09. The van der Waals surface area contributed by atoms with Crippen molar-refractivity contribution in [2.75, 3.05) is 11.9 Å². The van der Waals surface area contributed by atoms with Gasteiger partial charge in [0.15, 0.2) is 0 Å². The first-order valence-electron chi connectivity index (χ1n) is 11.7. The van der Waals surface area contributed by atoms with Gasteiger partial charge < -0.3 is 9.47 Å². The number of halogens is 2. The highest BCUT2D eigenvalue weighted by Gasteiger charge is 2.53. The second-order valence-corrected chi connectivity index (χ2v) is 9.98. The number of carbonyl (C=O) groups is 2. The van der Waals surface area contributed by atoms with E-state index in [4.69, 9.17) is 9.47 Å². The summed E-state index contributed by atoms with van der Waals surface area (Å²) in [5.41, 5.74) is 2.41. The summed E-state index contributed by atoms with van der Waals surface area (Å²) in [4.78, 5) is 28.6. The van der Waals surface area contributed by atoms with Gasteiger partial charge in [-0.3, -0.25) is 14.6 Å². The van der Waals surface area contributed by atoms with Crippen LogP contribution in [0.25, 0.3) is 17.2 Å². The molecule has 5 nitrogen and oxygen atoms in total. The number of cyclic esters (lactones) is 1. The van der Waals surface area contributed by atoms with Crippen LogP contribution >= 0.6 is 15.9 Å². The molecular formula is C27H29BrFNO4. The lowest BCUT2D eigenvalue weighted by Crippen LogP contribution is -2.43. The number of hydrogen-bond acceptors (Lipinski definition) is 5. The van der Waals surface area contributed by atoms with Crippen LogP contribution in [0.4, 0.5) is 4.39 Å². The maximum atomic E-state index is 13.6. The van der Waals surface area contributed by atoms with E-state index in [2.05, 4.69) is 27.0 Å². The normalized spacial score (nSPS) is 28.5. The molecule has 6 atom stereocenters. The van der Waals surface area contributed by atoms with E-state index in [0.717, 1.165) is 28.6 Å². The van der Waals surface area contributed by atoms with Crippen molar-refractivity contribution in [3.05, 3.63) is 60.2 Å². The third-order valence-electron chi connectivity index (χ3n) is 7.09. The molecule has 1 aromatic heterocycles. The number of benzene rings is 1. The van der Waals surface area contributed by atoms with E-state index in [1.807, 2.05) is 31.2 Å². The Hall–Kier alpha value is -2.54. The molecule has 0 bridgehead atoms. The van der Waals surface area contributed by atoms with E-state index in [1.54, 1.807) is 12.3 Å².